The molecule has 0 atom stereocenters. The second-order valence-electron chi connectivity index (χ2n) is 1.10. The zero-order valence-electron chi connectivity index (χ0n) is 5.02. The fraction of sp³-hybridized carbons (Fsp3) is 0.667. The van der Waals surface area contributed by atoms with Crippen LogP contribution < -0.4 is 22.0 Å². The Morgan fingerprint density at radius 2 is 2.12 bits per heavy atom. The van der Waals surface area contributed by atoms with Gasteiger partial charge in [0.2, 0.25) is 5.96 Å². The highest BCUT2D eigenvalue weighted by Crippen LogP contribution is 1.49. The summed E-state index contributed by atoms with van der Waals surface area (Å²) in [5, 5.41) is 3.59. The molecule has 0 aliphatic heterocycles. The van der Waals surface area contributed by atoms with E-state index in [2.05, 4.69) is 21.4 Å². The Kier molecular flexibility index (Phi) is 3.69. The first-order valence-electron chi connectivity index (χ1n) is 2.24. The molecule has 5 nitrogen and oxygen atoms in total. The molecule has 5 N–H and O–H groups in total. The van der Waals surface area contributed by atoms with Crippen LogP contribution >= 0.6 is 0 Å². The van der Waals surface area contributed by atoms with Gasteiger partial charge in [-0.25, -0.2) is 5.43 Å². The van der Waals surface area contributed by atoms with Gasteiger partial charge in [-0.15, -0.1) is 5.10 Å². The number of nitrogens with two attached hydrogens (primary N) is 1. The molecule has 0 amide bonds. The van der Waals surface area contributed by atoms with Crippen molar-refractivity contribution < 1.29 is 0 Å². The minimum atomic E-state index is 0.315. The van der Waals surface area contributed by atoms with Gasteiger partial charge < -0.3 is 11.2 Å². The highest BCUT2D eigenvalue weighted by molar-refractivity contribution is 5.76. The van der Waals surface area contributed by atoms with E-state index in [1.54, 1.807) is 14.1 Å². The van der Waals surface area contributed by atoms with Crippen LogP contribution in [0.1, 0.15) is 0 Å². The Balaban J connectivity index is 3.29. The molecule has 0 saturated heterocycles. The van der Waals surface area contributed by atoms with E-state index in [0.29, 0.717) is 5.96 Å². The van der Waals surface area contributed by atoms with Gasteiger partial charge in [0.1, 0.15) is 0 Å². The molecule has 0 aromatic carbocycles. The Morgan fingerprint density at radius 1 is 1.50 bits per heavy atom. The Bertz CT molecular complexity index is 77.7. The summed E-state index contributed by atoms with van der Waals surface area (Å²) in [4.78, 5) is 0. The minimum Gasteiger partial charge on any atom is -0.367 e. The van der Waals surface area contributed by atoms with E-state index in [-0.39, 0.29) is 0 Å². The summed E-state index contributed by atoms with van der Waals surface area (Å²) in [6, 6.07) is 0. The molecule has 0 bridgehead atoms. The normalized spacial score (nSPS) is 11.0. The van der Waals surface area contributed by atoms with Crippen molar-refractivity contribution in [3.8, 4) is 0 Å². The van der Waals surface area contributed by atoms with E-state index in [1.165, 1.54) is 0 Å². The van der Waals surface area contributed by atoms with Crippen LogP contribution in [0, 0.1) is 0 Å². The van der Waals surface area contributed by atoms with E-state index >= 15 is 0 Å². The van der Waals surface area contributed by atoms with Crippen molar-refractivity contribution in [1.82, 2.24) is 16.3 Å². The lowest BCUT2D eigenvalue weighted by molar-refractivity contribution is 0.743. The fourth-order valence-electron chi connectivity index (χ4n) is 0.276. The maximum atomic E-state index is 5.21. The molecule has 0 heterocycles. The molecule has 0 saturated carbocycles. The molecule has 48 valence electrons. The maximum Gasteiger partial charge on any atom is 0.225 e. The average Bonchev–Trinajstić information content (AvgIpc) is 1.68. The lowest BCUT2D eigenvalue weighted by Gasteiger charge is -1.99. The van der Waals surface area contributed by atoms with Gasteiger partial charge in [-0.3, -0.25) is 5.43 Å². The molecular weight excluding hydrogens is 106 g/mol. The first-order valence-corrected chi connectivity index (χ1v) is 2.24. The highest BCUT2D eigenvalue weighted by Gasteiger charge is 1.79. The second kappa shape index (κ2) is 4.20. The number of guanidine groups is 1. The van der Waals surface area contributed by atoms with Crippen LogP contribution in [0.2, 0.25) is 0 Å². The number of hydrogen-bond donors (Lipinski definition) is 4. The smallest absolute Gasteiger partial charge is 0.225 e. The van der Waals surface area contributed by atoms with Crippen molar-refractivity contribution >= 4 is 5.96 Å². The largest absolute Gasteiger partial charge is 0.367 e. The summed E-state index contributed by atoms with van der Waals surface area (Å²) in [5.74, 6) is 0.315. The molecule has 0 unspecified atom stereocenters. The molecule has 0 radical (unpaired) electrons. The molecule has 5 heteroatoms. The van der Waals surface area contributed by atoms with Crippen molar-refractivity contribution in [2.75, 3.05) is 14.1 Å². The zero-order valence-corrected chi connectivity index (χ0v) is 5.02. The van der Waals surface area contributed by atoms with Gasteiger partial charge in [0.05, 0.1) is 0 Å². The molecule has 0 rings (SSSR count). The van der Waals surface area contributed by atoms with Crippen LogP contribution in [0.5, 0.6) is 0 Å². The number of hydrazone groups is 1. The summed E-state index contributed by atoms with van der Waals surface area (Å²) < 4.78 is 0. The van der Waals surface area contributed by atoms with Crippen LogP contribution in [0.4, 0.5) is 0 Å². The lowest BCUT2D eigenvalue weighted by Crippen LogP contribution is -2.40. The monoisotopic (exact) mass is 117 g/mol. The summed E-state index contributed by atoms with van der Waals surface area (Å²) >= 11 is 0. The van der Waals surface area contributed by atoms with Crippen molar-refractivity contribution in [2.45, 2.75) is 0 Å². The molecule has 8 heavy (non-hydrogen) atoms. The van der Waals surface area contributed by atoms with Gasteiger partial charge in [0.25, 0.3) is 0 Å². The molecule has 0 aromatic rings. The van der Waals surface area contributed by atoms with Crippen LogP contribution in [0.15, 0.2) is 5.10 Å². The minimum absolute atomic E-state index is 0.315. The predicted octanol–water partition coefficient (Wildman–Crippen LogP) is -1.84. The number of nitrogens with one attached hydrogen (secondary N) is 3. The molecule has 0 spiro atoms. The Morgan fingerprint density at radius 3 is 2.50 bits per heavy atom. The summed E-state index contributed by atoms with van der Waals surface area (Å²) in [6.07, 6.45) is 0. The van der Waals surface area contributed by atoms with Gasteiger partial charge in [-0.05, 0) is 0 Å². The van der Waals surface area contributed by atoms with Gasteiger partial charge in [0, 0.05) is 14.1 Å². The third kappa shape index (κ3) is 3.23. The SMILES string of the molecule is CNN=C(N)NNC. The predicted molar refractivity (Wildman–Crippen MR) is 32.9 cm³/mol. The van der Waals surface area contributed by atoms with Gasteiger partial charge in [-0.1, -0.05) is 0 Å². The fourth-order valence-corrected chi connectivity index (χ4v) is 0.276. The van der Waals surface area contributed by atoms with Gasteiger partial charge >= 0.3 is 0 Å². The van der Waals surface area contributed by atoms with Gasteiger partial charge in [0.15, 0.2) is 0 Å². The summed E-state index contributed by atoms with van der Waals surface area (Å²) in [7, 11) is 3.38. The van der Waals surface area contributed by atoms with Crippen molar-refractivity contribution in [3.05, 3.63) is 0 Å². The van der Waals surface area contributed by atoms with E-state index < -0.39 is 0 Å². The van der Waals surface area contributed by atoms with Gasteiger partial charge in [-0.2, -0.15) is 0 Å². The second-order valence-corrected chi connectivity index (χ2v) is 1.10. The first kappa shape index (κ1) is 7.03. The van der Waals surface area contributed by atoms with E-state index in [0.717, 1.165) is 0 Å². The lowest BCUT2D eigenvalue weighted by atomic mass is 11.1. The topological polar surface area (TPSA) is 74.5 Å². The average molecular weight is 117 g/mol. The van der Waals surface area contributed by atoms with E-state index in [4.69, 9.17) is 5.73 Å². The van der Waals surface area contributed by atoms with Crippen LogP contribution in [0.3, 0.4) is 0 Å². The third-order valence-electron chi connectivity index (χ3n) is 0.485. The number of rotatable bonds is 2. The molecule has 0 fully saturated rings. The molecule has 0 aliphatic rings. The number of hydrogen-bond acceptors (Lipinski definition) is 3. The Labute approximate surface area is 48.3 Å². The quantitative estimate of drug-likeness (QED) is 0.195. The highest BCUT2D eigenvalue weighted by atomic mass is 15.4. The van der Waals surface area contributed by atoms with E-state index in [9.17, 15) is 0 Å². The first-order chi connectivity index (χ1) is 3.81. The van der Waals surface area contributed by atoms with Crippen LogP contribution in [-0.4, -0.2) is 20.1 Å². The summed E-state index contributed by atoms with van der Waals surface area (Å²) in [5.41, 5.74) is 12.9. The molecular formula is C3H11N5. The molecule has 0 aromatic heterocycles. The third-order valence-corrected chi connectivity index (χ3v) is 0.485. The van der Waals surface area contributed by atoms with Crippen molar-refractivity contribution in [2.24, 2.45) is 10.8 Å². The van der Waals surface area contributed by atoms with Crippen molar-refractivity contribution in [3.63, 3.8) is 0 Å². The van der Waals surface area contributed by atoms with Crippen LogP contribution in [0.25, 0.3) is 0 Å². The standard InChI is InChI=1S/C3H11N5/c1-5-7-3(4)8-6-2/h5-6H,1-2H3,(H3,4,7,8). The summed E-state index contributed by atoms with van der Waals surface area (Å²) in [6.45, 7) is 0. The molecule has 0 aliphatic carbocycles. The van der Waals surface area contributed by atoms with E-state index in [1.807, 2.05) is 0 Å². The van der Waals surface area contributed by atoms with Crippen LogP contribution in [-0.2, 0) is 0 Å². The van der Waals surface area contributed by atoms with Crippen molar-refractivity contribution in [1.29, 1.82) is 0 Å². The zero-order chi connectivity index (χ0) is 6.41. The number of nitrogens with zero attached hydrogens (tertiary/aromatic N) is 1. The Hall–Kier alpha value is -0.970. The maximum absolute atomic E-state index is 5.21. The number of hydrazine groups is 1.